The molecular weight excluding hydrogens is 516 g/mol. The average molecular weight is 551 g/mol. The van der Waals surface area contributed by atoms with Crippen molar-refractivity contribution < 1.29 is 24.2 Å². The highest BCUT2D eigenvalue weighted by atomic mass is 16.6. The van der Waals surface area contributed by atoms with E-state index in [1.807, 2.05) is 13.8 Å². The fourth-order valence-electron chi connectivity index (χ4n) is 6.51. The maximum absolute atomic E-state index is 14.1. The van der Waals surface area contributed by atoms with Gasteiger partial charge in [-0.1, -0.05) is 51.0 Å². The van der Waals surface area contributed by atoms with Gasteiger partial charge >= 0.3 is 0 Å². The summed E-state index contributed by atoms with van der Waals surface area (Å²) >= 11 is 0. The van der Waals surface area contributed by atoms with Crippen LogP contribution in [0.5, 0.6) is 0 Å². The predicted octanol–water partition coefficient (Wildman–Crippen LogP) is 4.11. The van der Waals surface area contributed by atoms with Gasteiger partial charge < -0.3 is 9.80 Å². The fraction of sp³-hybridized carbons (Fsp3) is 0.483. The Kier molecular flexibility index (Phi) is 8.32. The Morgan fingerprint density at radius 2 is 1.12 bits per heavy atom. The van der Waals surface area contributed by atoms with Crippen LogP contribution in [-0.2, 0) is 27.2 Å². The first-order valence-corrected chi connectivity index (χ1v) is 13.6. The van der Waals surface area contributed by atoms with E-state index in [0.29, 0.717) is 36.8 Å². The molecule has 2 aromatic carbocycles. The molecule has 2 fully saturated rings. The number of carbonyl (C=O) groups is 3. The average Bonchev–Trinajstić information content (AvgIpc) is 2.90. The SMILES string of the molecule is CCCC12CN(C(=O)Cc3cccc([N+](=O)[O-])c3)CC(CCC)(CN(C(=O)Cc3cccc([N+](=O)[O-])c3)C1)C2=O. The van der Waals surface area contributed by atoms with E-state index in [2.05, 4.69) is 0 Å². The summed E-state index contributed by atoms with van der Waals surface area (Å²) in [6.45, 7) is 4.66. The Morgan fingerprint density at radius 3 is 1.45 bits per heavy atom. The maximum Gasteiger partial charge on any atom is 0.269 e. The molecule has 0 saturated carbocycles. The van der Waals surface area contributed by atoms with Crippen LogP contribution in [-0.4, -0.2) is 63.4 Å². The van der Waals surface area contributed by atoms with Crippen LogP contribution >= 0.6 is 0 Å². The van der Waals surface area contributed by atoms with Crippen LogP contribution < -0.4 is 0 Å². The minimum absolute atomic E-state index is 0.0181. The Morgan fingerprint density at radius 1 is 0.750 bits per heavy atom. The zero-order valence-electron chi connectivity index (χ0n) is 22.8. The molecule has 0 aliphatic carbocycles. The highest BCUT2D eigenvalue weighted by Crippen LogP contribution is 2.48. The topological polar surface area (TPSA) is 144 Å². The second-order valence-electron chi connectivity index (χ2n) is 11.1. The molecule has 2 aliphatic rings. The molecule has 2 aromatic rings. The normalized spacial score (nSPS) is 22.2. The van der Waals surface area contributed by atoms with E-state index in [-0.39, 0.29) is 68.0 Å². The number of piperidine rings is 2. The molecule has 212 valence electrons. The van der Waals surface area contributed by atoms with Gasteiger partial charge in [-0.3, -0.25) is 34.6 Å². The molecule has 2 heterocycles. The Hall–Kier alpha value is -4.15. The Balaban J connectivity index is 1.61. The van der Waals surface area contributed by atoms with Crippen molar-refractivity contribution in [3.63, 3.8) is 0 Å². The molecule has 0 spiro atoms. The van der Waals surface area contributed by atoms with Crippen molar-refractivity contribution >= 4 is 29.0 Å². The minimum Gasteiger partial charge on any atom is -0.340 e. The van der Waals surface area contributed by atoms with Gasteiger partial charge in [-0.15, -0.1) is 0 Å². The van der Waals surface area contributed by atoms with Crippen LogP contribution in [0.3, 0.4) is 0 Å². The van der Waals surface area contributed by atoms with Crippen LogP contribution in [0.4, 0.5) is 11.4 Å². The molecular formula is C29H34N4O7. The Labute approximate surface area is 232 Å². The quantitative estimate of drug-likeness (QED) is 0.320. The highest BCUT2D eigenvalue weighted by molar-refractivity contribution is 5.96. The first-order valence-electron chi connectivity index (χ1n) is 13.6. The van der Waals surface area contributed by atoms with Crippen molar-refractivity contribution in [1.29, 1.82) is 0 Å². The number of non-ortho nitro benzene ring substituents is 2. The number of nitro groups is 2. The predicted molar refractivity (Wildman–Crippen MR) is 146 cm³/mol. The zero-order chi connectivity index (χ0) is 29.1. The van der Waals surface area contributed by atoms with E-state index in [1.54, 1.807) is 34.1 Å². The highest BCUT2D eigenvalue weighted by Gasteiger charge is 2.60. The fourth-order valence-corrected chi connectivity index (χ4v) is 6.51. The van der Waals surface area contributed by atoms with Gasteiger partial charge in [-0.2, -0.15) is 0 Å². The summed E-state index contributed by atoms with van der Waals surface area (Å²) in [4.78, 5) is 66.0. The van der Waals surface area contributed by atoms with Crippen LogP contribution in [0, 0.1) is 31.1 Å². The lowest BCUT2D eigenvalue weighted by molar-refractivity contribution is -0.385. The molecule has 0 radical (unpaired) electrons. The lowest BCUT2D eigenvalue weighted by Crippen LogP contribution is -2.71. The van der Waals surface area contributed by atoms with Crippen molar-refractivity contribution in [3.05, 3.63) is 79.9 Å². The summed E-state index contributed by atoms with van der Waals surface area (Å²) in [5.41, 5.74) is -0.945. The summed E-state index contributed by atoms with van der Waals surface area (Å²) in [6.07, 6.45) is 2.36. The van der Waals surface area contributed by atoms with Crippen LogP contribution in [0.15, 0.2) is 48.5 Å². The van der Waals surface area contributed by atoms with E-state index in [4.69, 9.17) is 0 Å². The van der Waals surface area contributed by atoms with Crippen molar-refractivity contribution in [1.82, 2.24) is 9.80 Å². The molecule has 0 aromatic heterocycles. The third-order valence-electron chi connectivity index (χ3n) is 8.05. The second kappa shape index (κ2) is 11.5. The number of hydrogen-bond donors (Lipinski definition) is 0. The number of hydrogen-bond acceptors (Lipinski definition) is 7. The standard InChI is InChI=1S/C29H34N4O7/c1-3-11-28-17-30(25(34)15-21-7-5-9-23(13-21)32(37)38)19-29(12-4-2,27(28)36)20-31(18-28)26(35)16-22-8-6-10-24(14-22)33(39)40/h5-10,13-14H,3-4,11-12,15-20H2,1-2H3. The van der Waals surface area contributed by atoms with E-state index in [1.165, 1.54) is 24.3 Å². The maximum atomic E-state index is 14.1. The number of rotatable bonds is 10. The van der Waals surface area contributed by atoms with Crippen molar-refractivity contribution in [3.8, 4) is 0 Å². The van der Waals surface area contributed by atoms with Crippen molar-refractivity contribution in [2.45, 2.75) is 52.4 Å². The van der Waals surface area contributed by atoms with E-state index in [9.17, 15) is 34.6 Å². The number of nitrogens with zero attached hydrogens (tertiary/aromatic N) is 4. The van der Waals surface area contributed by atoms with Crippen LogP contribution in [0.1, 0.15) is 50.7 Å². The van der Waals surface area contributed by atoms with Crippen molar-refractivity contribution in [2.75, 3.05) is 26.2 Å². The second-order valence-corrected chi connectivity index (χ2v) is 11.1. The van der Waals surface area contributed by atoms with Gasteiger partial charge in [0.05, 0.1) is 33.5 Å². The number of benzene rings is 2. The van der Waals surface area contributed by atoms with Gasteiger partial charge in [-0.25, -0.2) is 0 Å². The third-order valence-corrected chi connectivity index (χ3v) is 8.05. The number of likely N-dealkylation sites (tertiary alicyclic amines) is 2. The molecule has 4 rings (SSSR count). The molecule has 2 amide bonds. The van der Waals surface area contributed by atoms with Gasteiger partial charge in [0.2, 0.25) is 11.8 Å². The molecule has 2 bridgehead atoms. The summed E-state index contributed by atoms with van der Waals surface area (Å²) < 4.78 is 0. The van der Waals surface area contributed by atoms with Gasteiger partial charge in [0.25, 0.3) is 11.4 Å². The first-order chi connectivity index (χ1) is 19.0. The van der Waals surface area contributed by atoms with Crippen LogP contribution in [0.2, 0.25) is 0 Å². The smallest absolute Gasteiger partial charge is 0.269 e. The monoisotopic (exact) mass is 550 g/mol. The molecule has 0 unspecified atom stereocenters. The summed E-state index contributed by atoms with van der Waals surface area (Å²) in [7, 11) is 0. The molecule has 0 N–H and O–H groups in total. The van der Waals surface area contributed by atoms with E-state index < -0.39 is 20.7 Å². The molecule has 2 aliphatic heterocycles. The number of ketones is 1. The lowest BCUT2D eigenvalue weighted by atomic mass is 9.59. The number of Topliss-reactive ketones (excluding diaryl/α,β-unsaturated/α-hetero) is 1. The molecule has 40 heavy (non-hydrogen) atoms. The van der Waals surface area contributed by atoms with Gasteiger partial charge in [0.15, 0.2) is 5.78 Å². The minimum atomic E-state index is -0.920. The summed E-state index contributed by atoms with van der Waals surface area (Å²) in [5.74, 6) is -0.307. The van der Waals surface area contributed by atoms with E-state index >= 15 is 0 Å². The Bertz CT molecular complexity index is 1230. The van der Waals surface area contributed by atoms with Gasteiger partial charge in [0, 0.05) is 50.4 Å². The number of carbonyl (C=O) groups excluding carboxylic acids is 3. The zero-order valence-corrected chi connectivity index (χ0v) is 22.8. The third kappa shape index (κ3) is 5.73. The number of fused-ring (bicyclic) bond motifs is 2. The number of amides is 2. The first kappa shape index (κ1) is 28.8. The summed E-state index contributed by atoms with van der Waals surface area (Å²) in [6, 6.07) is 12.0. The lowest BCUT2D eigenvalue weighted by Gasteiger charge is -2.57. The van der Waals surface area contributed by atoms with Crippen molar-refractivity contribution in [2.24, 2.45) is 10.8 Å². The van der Waals surface area contributed by atoms with Gasteiger partial charge in [-0.05, 0) is 24.0 Å². The molecule has 11 heteroatoms. The van der Waals surface area contributed by atoms with E-state index in [0.717, 1.165) is 0 Å². The van der Waals surface area contributed by atoms with Gasteiger partial charge in [0.1, 0.15) is 0 Å². The molecule has 2 saturated heterocycles. The molecule has 0 atom stereocenters. The summed E-state index contributed by atoms with van der Waals surface area (Å²) in [5, 5.41) is 22.4. The largest absolute Gasteiger partial charge is 0.340 e. The molecule has 11 nitrogen and oxygen atoms in total. The number of nitro benzene ring substituents is 2. The van der Waals surface area contributed by atoms with Crippen LogP contribution in [0.25, 0.3) is 0 Å².